The number of ether oxygens (including phenoxy) is 1. The van der Waals surface area contributed by atoms with Crippen molar-refractivity contribution in [2.45, 2.75) is 84.7 Å². The maximum absolute atomic E-state index is 14.9. The second-order valence-corrected chi connectivity index (χ2v) is 16.9. The largest absolute Gasteiger partial charge is 0.496 e. The van der Waals surface area contributed by atoms with E-state index < -0.39 is 24.1 Å². The zero-order valence-electron chi connectivity index (χ0n) is 34.5. The number of amides is 3. The van der Waals surface area contributed by atoms with E-state index in [2.05, 4.69) is 31.4 Å². The van der Waals surface area contributed by atoms with Gasteiger partial charge in [0.05, 0.1) is 20.3 Å². The molecule has 0 radical (unpaired) electrons. The predicted molar refractivity (Wildman–Crippen MR) is 219 cm³/mol. The van der Waals surface area contributed by atoms with Crippen LogP contribution in [0.3, 0.4) is 0 Å². The highest BCUT2D eigenvalue weighted by Crippen LogP contribution is 2.61. The summed E-state index contributed by atoms with van der Waals surface area (Å²) in [6.45, 7) is 10.8. The van der Waals surface area contributed by atoms with E-state index in [4.69, 9.17) is 9.57 Å². The van der Waals surface area contributed by atoms with E-state index in [1.165, 1.54) is 6.42 Å². The summed E-state index contributed by atoms with van der Waals surface area (Å²) in [5, 5.41) is 18.8. The molecule has 56 heavy (non-hydrogen) atoms. The van der Waals surface area contributed by atoms with E-state index in [0.717, 1.165) is 34.4 Å². The van der Waals surface area contributed by atoms with Crippen LogP contribution in [0.1, 0.15) is 68.9 Å². The van der Waals surface area contributed by atoms with Gasteiger partial charge in [0, 0.05) is 75.0 Å². The molecule has 3 N–H and O–H groups in total. The third-order valence-electron chi connectivity index (χ3n) is 13.3. The Morgan fingerprint density at radius 3 is 2.39 bits per heavy atom. The molecule has 0 aromatic heterocycles. The molecule has 3 aliphatic carbocycles. The minimum atomic E-state index is -0.815. The van der Waals surface area contributed by atoms with Gasteiger partial charge in [0.15, 0.2) is 0 Å². The van der Waals surface area contributed by atoms with E-state index >= 15 is 0 Å². The number of methoxy groups -OCH3 is 1. The molecule has 11 nitrogen and oxygen atoms in total. The number of nitrogens with zero attached hydrogens (tertiary/aromatic N) is 3. The Balaban J connectivity index is 1.36. The van der Waals surface area contributed by atoms with Crippen LogP contribution in [0.2, 0.25) is 0 Å². The van der Waals surface area contributed by atoms with Crippen LogP contribution in [0.5, 0.6) is 5.75 Å². The monoisotopic (exact) mass is 767 g/mol. The molecule has 8 atom stereocenters. The molecule has 0 spiro atoms. The van der Waals surface area contributed by atoms with Gasteiger partial charge in [-0.25, -0.2) is 0 Å². The maximum atomic E-state index is 14.9. The van der Waals surface area contributed by atoms with Crippen molar-refractivity contribution in [1.82, 2.24) is 20.6 Å². The number of nitrogens with one attached hydrogen (secondary N) is 2. The molecular weight excluding hydrogens is 707 g/mol. The van der Waals surface area contributed by atoms with Crippen molar-refractivity contribution in [3.63, 3.8) is 0 Å². The molecule has 4 aliphatic rings. The smallest absolute Gasteiger partial charge is 0.251 e. The molecule has 2 bridgehead atoms. The Morgan fingerprint density at radius 2 is 1.79 bits per heavy atom. The Labute approximate surface area is 332 Å². The summed E-state index contributed by atoms with van der Waals surface area (Å²) in [7, 11) is 7.08. The van der Waals surface area contributed by atoms with E-state index in [0.29, 0.717) is 42.0 Å². The van der Waals surface area contributed by atoms with Crippen LogP contribution in [0.25, 0.3) is 11.1 Å². The fraction of sp³-hybridized carbons (Fsp3) is 0.533. The zero-order chi connectivity index (χ0) is 40.5. The van der Waals surface area contributed by atoms with Crippen molar-refractivity contribution in [2.75, 3.05) is 46.3 Å². The van der Waals surface area contributed by atoms with Crippen molar-refractivity contribution in [2.24, 2.45) is 29.1 Å². The summed E-state index contributed by atoms with van der Waals surface area (Å²) in [5.41, 5.74) is 5.10. The second kappa shape index (κ2) is 17.0. The van der Waals surface area contributed by atoms with Crippen molar-refractivity contribution in [3.05, 3.63) is 83.4 Å². The lowest BCUT2D eigenvalue weighted by Gasteiger charge is -2.62. The third kappa shape index (κ3) is 8.04. The van der Waals surface area contributed by atoms with E-state index in [1.807, 2.05) is 97.5 Å². The standard InChI is InChI=1S/C45H61N5O6/c1-27-37-23-34(45(37,4)5)24-38(27)47-44(54)41-40(28(2)49(29(3)52)19-18-30-14-11-10-12-15-30)39(26-51)56-50(41)25-31-16-13-17-36(42(31)55-9)32-20-33(43(53)46-6)22-35(21-32)48(7)8/h10-17,20-22,27-28,34,37-41,51H,18-19,23-26H2,1-9H3,(H,46,53)(H,47,54)/t27-,28-,34+,37-,38-,39-,40-,41-/m0/s1. The van der Waals surface area contributed by atoms with Gasteiger partial charge in [-0.3, -0.25) is 19.2 Å². The van der Waals surface area contributed by atoms with Crippen LogP contribution < -0.4 is 20.3 Å². The van der Waals surface area contributed by atoms with Gasteiger partial charge in [0.25, 0.3) is 5.91 Å². The summed E-state index contributed by atoms with van der Waals surface area (Å²) in [4.78, 5) is 51.4. The van der Waals surface area contributed by atoms with Gasteiger partial charge < -0.3 is 30.3 Å². The molecule has 3 amide bonds. The molecule has 0 unspecified atom stereocenters. The minimum absolute atomic E-state index is 0.0172. The van der Waals surface area contributed by atoms with E-state index in [-0.39, 0.29) is 42.3 Å². The first kappa shape index (κ1) is 41.2. The summed E-state index contributed by atoms with van der Waals surface area (Å²) in [5.74, 6) is 0.992. The number of aliphatic hydroxyl groups is 1. The number of hydroxylamine groups is 2. The van der Waals surface area contributed by atoms with Crippen molar-refractivity contribution < 1.29 is 29.1 Å². The molecule has 1 saturated heterocycles. The number of aliphatic hydroxyl groups excluding tert-OH is 1. The van der Waals surface area contributed by atoms with Crippen LogP contribution in [-0.4, -0.2) is 98.4 Å². The van der Waals surface area contributed by atoms with Gasteiger partial charge >= 0.3 is 0 Å². The van der Waals surface area contributed by atoms with Crippen LogP contribution in [0, 0.1) is 29.1 Å². The van der Waals surface area contributed by atoms with Crippen molar-refractivity contribution in [3.8, 4) is 16.9 Å². The average molecular weight is 768 g/mol. The lowest BCUT2D eigenvalue weighted by atomic mass is 9.45. The molecule has 1 heterocycles. The number of hydrogen-bond acceptors (Lipinski definition) is 8. The lowest BCUT2D eigenvalue weighted by molar-refractivity contribution is -0.183. The van der Waals surface area contributed by atoms with Crippen molar-refractivity contribution in [1.29, 1.82) is 0 Å². The number of para-hydroxylation sites is 1. The third-order valence-corrected chi connectivity index (χ3v) is 13.3. The maximum Gasteiger partial charge on any atom is 0.251 e. The number of carbonyl (C=O) groups is 3. The number of rotatable bonds is 14. The van der Waals surface area contributed by atoms with Crippen LogP contribution in [-0.2, 0) is 27.4 Å². The molecule has 4 fully saturated rings. The highest BCUT2D eigenvalue weighted by atomic mass is 16.7. The van der Waals surface area contributed by atoms with Crippen LogP contribution in [0.4, 0.5) is 5.69 Å². The summed E-state index contributed by atoms with van der Waals surface area (Å²) >= 11 is 0. The molecular formula is C45H61N5O6. The first-order chi connectivity index (χ1) is 26.7. The average Bonchev–Trinajstić information content (AvgIpc) is 3.56. The number of fused-ring (bicyclic) bond motifs is 2. The zero-order valence-corrected chi connectivity index (χ0v) is 34.5. The van der Waals surface area contributed by atoms with Gasteiger partial charge in [-0.15, -0.1) is 0 Å². The molecule has 302 valence electrons. The Kier molecular flexibility index (Phi) is 12.5. The fourth-order valence-electron chi connectivity index (χ4n) is 9.88. The molecule has 3 saturated carbocycles. The number of carbonyl (C=O) groups excluding carboxylic acids is 3. The van der Waals surface area contributed by atoms with E-state index in [1.54, 1.807) is 26.1 Å². The Bertz CT molecular complexity index is 1880. The van der Waals surface area contributed by atoms with Gasteiger partial charge in [-0.1, -0.05) is 69.3 Å². The Hall–Kier alpha value is -4.45. The molecule has 1 aliphatic heterocycles. The Morgan fingerprint density at radius 1 is 1.05 bits per heavy atom. The lowest BCUT2D eigenvalue weighted by Crippen LogP contribution is -2.63. The quantitative estimate of drug-likeness (QED) is 0.195. The second-order valence-electron chi connectivity index (χ2n) is 16.9. The minimum Gasteiger partial charge on any atom is -0.496 e. The van der Waals surface area contributed by atoms with E-state index in [9.17, 15) is 19.5 Å². The SMILES string of the molecule is CNC(=O)c1cc(-c2cccc(CN3O[C@@H](CO)[C@H]([C@H](C)N(CCc4ccccc4)C(C)=O)[C@H]3C(=O)N[C@H]3C[C@H]4C[C@@H]([C@@H]3C)C4(C)C)c2OC)cc(N(C)C)c1. The summed E-state index contributed by atoms with van der Waals surface area (Å²) < 4.78 is 6.11. The molecule has 3 aromatic carbocycles. The first-order valence-electron chi connectivity index (χ1n) is 20.1. The molecule has 7 rings (SSSR count). The van der Waals surface area contributed by atoms with Gasteiger partial charge in [-0.2, -0.15) is 5.06 Å². The summed E-state index contributed by atoms with van der Waals surface area (Å²) in [6, 6.07) is 20.3. The topological polar surface area (TPSA) is 124 Å². The summed E-state index contributed by atoms with van der Waals surface area (Å²) in [6.07, 6.45) is 2.03. The van der Waals surface area contributed by atoms with Gasteiger partial charge in [-0.05, 0) is 78.7 Å². The highest BCUT2D eigenvalue weighted by Gasteiger charge is 2.57. The molecule has 3 aromatic rings. The van der Waals surface area contributed by atoms with Gasteiger partial charge in [0.1, 0.15) is 17.9 Å². The molecule has 11 heteroatoms. The number of anilines is 1. The first-order valence-corrected chi connectivity index (χ1v) is 20.1. The van der Waals surface area contributed by atoms with Gasteiger partial charge in [0.2, 0.25) is 11.8 Å². The fourth-order valence-corrected chi connectivity index (χ4v) is 9.88. The van der Waals surface area contributed by atoms with Crippen LogP contribution >= 0.6 is 0 Å². The number of benzene rings is 3. The predicted octanol–water partition coefficient (Wildman–Crippen LogP) is 5.55. The van der Waals surface area contributed by atoms with Crippen LogP contribution in [0.15, 0.2) is 66.7 Å². The van der Waals surface area contributed by atoms with Crippen molar-refractivity contribution >= 4 is 23.4 Å². The normalized spacial score (nSPS) is 25.8. The number of hydrogen-bond donors (Lipinski definition) is 3. The highest BCUT2D eigenvalue weighted by molar-refractivity contribution is 5.97.